The molecule has 4 rings (SSSR count). The third kappa shape index (κ3) is 4.95. The molecule has 5 N–H and O–H groups in total. The largest absolute Gasteiger partial charge is 0.417 e. The van der Waals surface area contributed by atoms with E-state index in [9.17, 15) is 21.6 Å². The predicted octanol–water partition coefficient (Wildman–Crippen LogP) is 1.90. The summed E-state index contributed by atoms with van der Waals surface area (Å²) in [5.41, 5.74) is -1.06. The number of piperidine rings is 1. The van der Waals surface area contributed by atoms with Gasteiger partial charge in [-0.15, -0.1) is 5.10 Å². The normalized spacial score (nSPS) is 25.1. The summed E-state index contributed by atoms with van der Waals surface area (Å²) < 4.78 is 65.6. The molecule has 13 heteroatoms. The monoisotopic (exact) mass is 473 g/mol. The van der Waals surface area contributed by atoms with Crippen LogP contribution in [-0.2, 0) is 16.2 Å². The van der Waals surface area contributed by atoms with Crippen LogP contribution >= 0.6 is 0 Å². The van der Waals surface area contributed by atoms with E-state index < -0.39 is 26.7 Å². The number of hydrogen-bond acceptors (Lipinski definition) is 7. The number of H-pyrrole nitrogens is 1. The van der Waals surface area contributed by atoms with E-state index in [1.807, 2.05) is 0 Å². The van der Waals surface area contributed by atoms with Gasteiger partial charge >= 0.3 is 6.18 Å². The Morgan fingerprint density at radius 1 is 1.09 bits per heavy atom. The smallest absolute Gasteiger partial charge is 0.315 e. The number of tetrazole rings is 1. The topological polar surface area (TPSA) is 139 Å². The number of primary sulfonamides is 1. The molecule has 176 valence electrons. The number of nitrogens with one attached hydrogen (secondary N) is 3. The van der Waals surface area contributed by atoms with Gasteiger partial charge in [0.05, 0.1) is 5.56 Å². The molecule has 1 aromatic carbocycles. The predicted molar refractivity (Wildman–Crippen MR) is 110 cm³/mol. The van der Waals surface area contributed by atoms with Gasteiger partial charge in [0.15, 0.2) is 5.82 Å². The molecule has 2 aromatic rings. The molecule has 1 atom stereocenters. The van der Waals surface area contributed by atoms with Gasteiger partial charge in [-0.3, -0.25) is 0 Å². The zero-order chi connectivity index (χ0) is 22.9. The summed E-state index contributed by atoms with van der Waals surface area (Å²) in [6.45, 7) is 1.96. The molecule has 1 unspecified atom stereocenters. The van der Waals surface area contributed by atoms with Crippen molar-refractivity contribution in [3.05, 3.63) is 23.3 Å². The minimum Gasteiger partial charge on any atom is -0.315 e. The number of rotatable bonds is 5. The Morgan fingerprint density at radius 3 is 2.41 bits per heavy atom. The average Bonchev–Trinajstić information content (AvgIpc) is 3.27. The lowest BCUT2D eigenvalue weighted by Crippen LogP contribution is -2.48. The van der Waals surface area contributed by atoms with Crippen molar-refractivity contribution in [3.8, 4) is 11.4 Å². The van der Waals surface area contributed by atoms with Crippen LogP contribution in [0.25, 0.3) is 11.4 Å². The Morgan fingerprint density at radius 2 is 1.84 bits per heavy atom. The Balaban J connectivity index is 1.66. The standard InChI is InChI=1S/C19H26F3N7O2S/c20-19(21,22)15-8-7-14(16(17(15)32(23,30)31)18-26-28-29-27-18)11-3-5-12(6-4-11)25-13-2-1-9-24-10-13/h7-8,11-13,24-25H,1-6,9-10H2,(H2,23,30,31)(H,26,27,28,29). The zero-order valence-electron chi connectivity index (χ0n) is 17.3. The number of alkyl halides is 3. The van der Waals surface area contributed by atoms with Crippen molar-refractivity contribution in [2.24, 2.45) is 5.14 Å². The maximum Gasteiger partial charge on any atom is 0.417 e. The Bertz CT molecular complexity index is 1030. The van der Waals surface area contributed by atoms with Crippen LogP contribution in [0.1, 0.15) is 55.6 Å². The van der Waals surface area contributed by atoms with Gasteiger partial charge in [0, 0.05) is 24.2 Å². The van der Waals surface area contributed by atoms with Crippen molar-refractivity contribution in [1.29, 1.82) is 0 Å². The first-order chi connectivity index (χ1) is 15.1. The lowest BCUT2D eigenvalue weighted by Gasteiger charge is -2.34. The summed E-state index contributed by atoms with van der Waals surface area (Å²) in [7, 11) is -4.72. The quantitative estimate of drug-likeness (QED) is 0.520. The van der Waals surface area contributed by atoms with E-state index in [-0.39, 0.29) is 17.3 Å². The van der Waals surface area contributed by atoms with Gasteiger partial charge in [-0.05, 0) is 73.0 Å². The first-order valence-electron chi connectivity index (χ1n) is 10.6. The summed E-state index contributed by atoms with van der Waals surface area (Å²) >= 11 is 0. The van der Waals surface area contributed by atoms with Crippen LogP contribution in [0.2, 0.25) is 0 Å². The van der Waals surface area contributed by atoms with Crippen molar-refractivity contribution in [2.75, 3.05) is 13.1 Å². The summed E-state index contributed by atoms with van der Waals surface area (Å²) in [4.78, 5) is -0.991. The van der Waals surface area contributed by atoms with Crippen molar-refractivity contribution >= 4 is 10.0 Å². The molecule has 0 radical (unpaired) electrons. The van der Waals surface area contributed by atoms with E-state index in [0.29, 0.717) is 30.5 Å². The average molecular weight is 474 g/mol. The maximum absolute atomic E-state index is 13.7. The minimum atomic E-state index is -4.90. The number of aromatic nitrogens is 4. The van der Waals surface area contributed by atoms with E-state index in [0.717, 1.165) is 44.8 Å². The first kappa shape index (κ1) is 23.1. The fourth-order valence-corrected chi connectivity index (χ4v) is 5.85. The van der Waals surface area contributed by atoms with E-state index in [2.05, 4.69) is 31.3 Å². The third-order valence-corrected chi connectivity index (χ3v) is 7.29. The Hall–Kier alpha value is -2.09. The molecule has 9 nitrogen and oxygen atoms in total. The minimum absolute atomic E-state index is 0.139. The van der Waals surface area contributed by atoms with Crippen molar-refractivity contribution < 1.29 is 21.6 Å². The second-order valence-electron chi connectivity index (χ2n) is 8.46. The molecular formula is C19H26F3N7O2S. The van der Waals surface area contributed by atoms with Crippen molar-refractivity contribution in [3.63, 3.8) is 0 Å². The van der Waals surface area contributed by atoms with Gasteiger partial charge < -0.3 is 10.6 Å². The van der Waals surface area contributed by atoms with Crippen LogP contribution in [0.3, 0.4) is 0 Å². The second-order valence-corrected chi connectivity index (χ2v) is 9.96. The summed E-state index contributed by atoms with van der Waals surface area (Å²) in [5, 5.41) is 25.3. The first-order valence-corrected chi connectivity index (χ1v) is 12.2. The number of aromatic amines is 1. The molecule has 2 fully saturated rings. The number of sulfonamides is 1. The van der Waals surface area contributed by atoms with Crippen LogP contribution in [0.5, 0.6) is 0 Å². The van der Waals surface area contributed by atoms with Crippen molar-refractivity contribution in [1.82, 2.24) is 31.3 Å². The zero-order valence-corrected chi connectivity index (χ0v) is 18.1. The molecular weight excluding hydrogens is 447 g/mol. The molecule has 0 spiro atoms. The summed E-state index contributed by atoms with van der Waals surface area (Å²) in [5.74, 6) is -0.288. The van der Waals surface area contributed by atoms with Gasteiger partial charge in [0.1, 0.15) is 4.90 Å². The van der Waals surface area contributed by atoms with Crippen LogP contribution < -0.4 is 15.8 Å². The number of nitrogens with zero attached hydrogens (tertiary/aromatic N) is 3. The highest BCUT2D eigenvalue weighted by atomic mass is 32.2. The van der Waals surface area contributed by atoms with Gasteiger partial charge in [0.25, 0.3) is 0 Å². The van der Waals surface area contributed by atoms with E-state index >= 15 is 0 Å². The highest BCUT2D eigenvalue weighted by molar-refractivity contribution is 7.89. The van der Waals surface area contributed by atoms with Gasteiger partial charge in [-0.2, -0.15) is 13.2 Å². The SMILES string of the molecule is NS(=O)(=O)c1c(C(F)(F)F)ccc(C2CCC(NC3CCCNC3)CC2)c1-c1nnn[nH]1. The van der Waals surface area contributed by atoms with Gasteiger partial charge in [-0.25, -0.2) is 18.7 Å². The van der Waals surface area contributed by atoms with E-state index in [1.54, 1.807) is 0 Å². The fourth-order valence-electron chi connectivity index (χ4n) is 4.86. The molecule has 1 saturated carbocycles. The molecule has 0 bridgehead atoms. The molecule has 2 aliphatic rings. The second kappa shape index (κ2) is 9.04. The molecule has 1 aromatic heterocycles. The van der Waals surface area contributed by atoms with Gasteiger partial charge in [-0.1, -0.05) is 6.07 Å². The third-order valence-electron chi connectivity index (χ3n) is 6.30. The number of nitrogens with two attached hydrogens (primary N) is 1. The van der Waals surface area contributed by atoms with E-state index in [1.165, 1.54) is 6.07 Å². The van der Waals surface area contributed by atoms with Crippen molar-refractivity contribution in [2.45, 2.75) is 67.6 Å². The fraction of sp³-hybridized carbons (Fsp3) is 0.632. The van der Waals surface area contributed by atoms with E-state index in [4.69, 9.17) is 5.14 Å². The van der Waals surface area contributed by atoms with Crippen LogP contribution in [0, 0.1) is 0 Å². The Labute approximate surface area is 183 Å². The molecule has 1 saturated heterocycles. The number of benzene rings is 1. The van der Waals surface area contributed by atoms with Crippen LogP contribution in [0.4, 0.5) is 13.2 Å². The Kier molecular flexibility index (Phi) is 6.52. The lowest BCUT2D eigenvalue weighted by atomic mass is 9.79. The molecule has 1 aliphatic carbocycles. The molecule has 0 amide bonds. The number of halogens is 3. The molecule has 32 heavy (non-hydrogen) atoms. The van der Waals surface area contributed by atoms with Crippen LogP contribution in [0.15, 0.2) is 17.0 Å². The van der Waals surface area contributed by atoms with Crippen LogP contribution in [-0.4, -0.2) is 54.2 Å². The summed E-state index contributed by atoms with van der Waals surface area (Å²) in [6, 6.07) is 2.86. The lowest BCUT2D eigenvalue weighted by molar-refractivity contribution is -0.139. The highest BCUT2D eigenvalue weighted by Gasteiger charge is 2.40. The number of hydrogen-bond donors (Lipinski definition) is 4. The highest BCUT2D eigenvalue weighted by Crippen LogP contribution is 2.44. The molecule has 1 aliphatic heterocycles. The van der Waals surface area contributed by atoms with Gasteiger partial charge in [0.2, 0.25) is 10.0 Å². The molecule has 2 heterocycles. The summed E-state index contributed by atoms with van der Waals surface area (Å²) in [6.07, 6.45) is 0.402. The maximum atomic E-state index is 13.7.